The fourth-order valence-electron chi connectivity index (χ4n) is 1.97. The Balaban J connectivity index is 2.46. The number of benzene rings is 2. The van der Waals surface area contributed by atoms with E-state index in [4.69, 9.17) is 5.11 Å². The number of aromatic nitrogens is 2. The highest BCUT2D eigenvalue weighted by atomic mass is 16.4. The van der Waals surface area contributed by atoms with Gasteiger partial charge in [0.15, 0.2) is 11.5 Å². The molecule has 0 fully saturated rings. The molecule has 106 valence electrons. The van der Waals surface area contributed by atoms with Crippen LogP contribution in [-0.4, -0.2) is 41.5 Å². The summed E-state index contributed by atoms with van der Waals surface area (Å²) in [5.41, 5.74) is -0.0754. The van der Waals surface area contributed by atoms with Gasteiger partial charge in [-0.15, -0.1) is 0 Å². The van der Waals surface area contributed by atoms with Gasteiger partial charge in [0.25, 0.3) is 0 Å². The van der Waals surface area contributed by atoms with Crippen LogP contribution in [0.25, 0.3) is 22.1 Å². The second-order valence-electron chi connectivity index (χ2n) is 4.32. The lowest BCUT2D eigenvalue weighted by Gasteiger charge is -2.08. The van der Waals surface area contributed by atoms with Crippen LogP contribution >= 0.6 is 0 Å². The van der Waals surface area contributed by atoms with E-state index in [1.165, 1.54) is 18.2 Å². The summed E-state index contributed by atoms with van der Waals surface area (Å²) in [6.07, 6.45) is 0. The third-order valence-corrected chi connectivity index (χ3v) is 3.03. The molecule has 0 aliphatic carbocycles. The van der Waals surface area contributed by atoms with Crippen LogP contribution in [0.15, 0.2) is 18.2 Å². The van der Waals surface area contributed by atoms with Gasteiger partial charge in [0, 0.05) is 0 Å². The summed E-state index contributed by atoms with van der Waals surface area (Å²) in [4.78, 5) is 18.9. The SMILES string of the molecule is O=C(O)c1ccc2nc3c(O)c(O)c(O)c(O)c3nc2c1. The van der Waals surface area contributed by atoms with E-state index in [1.54, 1.807) is 0 Å². The predicted molar refractivity (Wildman–Crippen MR) is 70.7 cm³/mol. The molecule has 2 aromatic carbocycles. The molecule has 3 rings (SSSR count). The minimum atomic E-state index is -1.15. The Bertz CT molecular complexity index is 922. The fourth-order valence-corrected chi connectivity index (χ4v) is 1.97. The molecule has 0 unspecified atom stereocenters. The number of carboxylic acids is 1. The number of nitrogens with zero attached hydrogens (tertiary/aromatic N) is 2. The first-order valence-electron chi connectivity index (χ1n) is 5.70. The lowest BCUT2D eigenvalue weighted by atomic mass is 10.1. The molecule has 5 N–H and O–H groups in total. The molecule has 0 atom stereocenters. The average molecular weight is 288 g/mol. The van der Waals surface area contributed by atoms with Crippen molar-refractivity contribution in [3.8, 4) is 23.0 Å². The highest BCUT2D eigenvalue weighted by molar-refractivity contribution is 5.98. The highest BCUT2D eigenvalue weighted by Crippen LogP contribution is 2.47. The second kappa shape index (κ2) is 4.10. The topological polar surface area (TPSA) is 144 Å². The molecule has 21 heavy (non-hydrogen) atoms. The summed E-state index contributed by atoms with van der Waals surface area (Å²) in [6, 6.07) is 3.93. The van der Waals surface area contributed by atoms with Crippen molar-refractivity contribution in [3.63, 3.8) is 0 Å². The van der Waals surface area contributed by atoms with Gasteiger partial charge in [0.05, 0.1) is 16.6 Å². The first kappa shape index (κ1) is 12.7. The molecule has 0 aliphatic rings. The van der Waals surface area contributed by atoms with E-state index in [9.17, 15) is 25.2 Å². The molecule has 1 heterocycles. The van der Waals surface area contributed by atoms with Gasteiger partial charge < -0.3 is 25.5 Å². The molecule has 8 heteroatoms. The van der Waals surface area contributed by atoms with Crippen LogP contribution in [0.5, 0.6) is 23.0 Å². The normalized spacial score (nSPS) is 11.0. The van der Waals surface area contributed by atoms with Crippen LogP contribution in [-0.2, 0) is 0 Å². The Morgan fingerprint density at radius 2 is 1.33 bits per heavy atom. The van der Waals surface area contributed by atoms with E-state index < -0.39 is 29.0 Å². The zero-order chi connectivity index (χ0) is 15.3. The summed E-state index contributed by atoms with van der Waals surface area (Å²) in [5.74, 6) is -4.47. The van der Waals surface area contributed by atoms with Crippen molar-refractivity contribution in [2.75, 3.05) is 0 Å². The smallest absolute Gasteiger partial charge is 0.335 e. The van der Waals surface area contributed by atoms with Crippen LogP contribution in [0.2, 0.25) is 0 Å². The minimum Gasteiger partial charge on any atom is -0.503 e. The van der Waals surface area contributed by atoms with Crippen LogP contribution in [0.1, 0.15) is 10.4 Å². The number of aromatic hydroxyl groups is 4. The molecule has 3 aromatic rings. The molecular weight excluding hydrogens is 280 g/mol. The molecule has 0 aliphatic heterocycles. The fraction of sp³-hybridized carbons (Fsp3) is 0. The molecule has 0 saturated heterocycles. The predicted octanol–water partition coefficient (Wildman–Crippen LogP) is 1.30. The van der Waals surface area contributed by atoms with Crippen LogP contribution in [0.3, 0.4) is 0 Å². The van der Waals surface area contributed by atoms with Crippen molar-refractivity contribution in [3.05, 3.63) is 23.8 Å². The van der Waals surface area contributed by atoms with E-state index in [2.05, 4.69) is 9.97 Å². The number of hydrogen-bond acceptors (Lipinski definition) is 7. The number of fused-ring (bicyclic) bond motifs is 2. The zero-order valence-corrected chi connectivity index (χ0v) is 10.3. The highest BCUT2D eigenvalue weighted by Gasteiger charge is 2.21. The quantitative estimate of drug-likeness (QED) is 0.256. The number of phenols is 4. The van der Waals surface area contributed by atoms with Gasteiger partial charge in [-0.2, -0.15) is 0 Å². The largest absolute Gasteiger partial charge is 0.503 e. The molecule has 8 nitrogen and oxygen atoms in total. The Labute approximate surface area is 116 Å². The van der Waals surface area contributed by atoms with E-state index >= 15 is 0 Å². The number of aromatic carboxylic acids is 1. The Kier molecular flexibility index (Phi) is 2.49. The van der Waals surface area contributed by atoms with Gasteiger partial charge >= 0.3 is 5.97 Å². The minimum absolute atomic E-state index is 0.0251. The number of rotatable bonds is 1. The van der Waals surface area contributed by atoms with Crippen LogP contribution in [0.4, 0.5) is 0 Å². The van der Waals surface area contributed by atoms with E-state index in [-0.39, 0.29) is 27.6 Å². The lowest BCUT2D eigenvalue weighted by molar-refractivity contribution is 0.0697. The third-order valence-electron chi connectivity index (χ3n) is 3.03. The van der Waals surface area contributed by atoms with Crippen molar-refractivity contribution in [1.82, 2.24) is 9.97 Å². The van der Waals surface area contributed by atoms with Crippen molar-refractivity contribution in [2.24, 2.45) is 0 Å². The van der Waals surface area contributed by atoms with E-state index in [0.717, 1.165) is 0 Å². The number of hydrogen-bond donors (Lipinski definition) is 5. The van der Waals surface area contributed by atoms with Crippen LogP contribution < -0.4 is 0 Å². The second-order valence-corrected chi connectivity index (χ2v) is 4.32. The van der Waals surface area contributed by atoms with E-state index in [0.29, 0.717) is 0 Å². The Hall–Kier alpha value is -3.29. The zero-order valence-electron chi connectivity index (χ0n) is 10.3. The lowest BCUT2D eigenvalue weighted by Crippen LogP contribution is -1.97. The van der Waals surface area contributed by atoms with Gasteiger partial charge in [0.2, 0.25) is 11.5 Å². The van der Waals surface area contributed by atoms with Crippen molar-refractivity contribution < 1.29 is 30.3 Å². The standard InChI is InChI=1S/C13H8N2O6/c16-9-7-8(10(17)12(19)11(9)18)15-6-3-4(13(20)21)1-2-5(6)14-7/h1-3,16-19H,(H,20,21). The van der Waals surface area contributed by atoms with Crippen molar-refractivity contribution in [1.29, 1.82) is 0 Å². The maximum Gasteiger partial charge on any atom is 0.335 e. The van der Waals surface area contributed by atoms with Gasteiger partial charge in [0.1, 0.15) is 11.0 Å². The summed E-state index contributed by atoms with van der Waals surface area (Å²) < 4.78 is 0. The Morgan fingerprint density at radius 3 is 1.86 bits per heavy atom. The molecule has 0 bridgehead atoms. The van der Waals surface area contributed by atoms with Crippen molar-refractivity contribution >= 4 is 28.0 Å². The van der Waals surface area contributed by atoms with Crippen LogP contribution in [0, 0.1) is 0 Å². The maximum absolute atomic E-state index is 10.9. The van der Waals surface area contributed by atoms with Gasteiger partial charge in [-0.25, -0.2) is 14.8 Å². The molecule has 0 spiro atoms. The number of phenolic OH excluding ortho intramolecular Hbond substituents is 4. The van der Waals surface area contributed by atoms with Gasteiger partial charge in [-0.3, -0.25) is 0 Å². The molecule has 1 aromatic heterocycles. The molecule has 0 radical (unpaired) electrons. The van der Waals surface area contributed by atoms with E-state index in [1.807, 2.05) is 0 Å². The maximum atomic E-state index is 10.9. The average Bonchev–Trinajstić information content (AvgIpc) is 2.48. The first-order chi connectivity index (χ1) is 9.90. The Morgan fingerprint density at radius 1 is 0.810 bits per heavy atom. The summed E-state index contributed by atoms with van der Waals surface area (Å²) in [5, 5.41) is 47.4. The first-order valence-corrected chi connectivity index (χ1v) is 5.70. The van der Waals surface area contributed by atoms with Crippen molar-refractivity contribution in [2.45, 2.75) is 0 Å². The molecular formula is C13H8N2O6. The summed E-state index contributed by atoms with van der Waals surface area (Å²) in [6.45, 7) is 0. The monoisotopic (exact) mass is 288 g/mol. The summed E-state index contributed by atoms with van der Waals surface area (Å²) >= 11 is 0. The third kappa shape index (κ3) is 1.73. The number of carbonyl (C=O) groups is 1. The molecule has 0 amide bonds. The number of carboxylic acid groups (broad SMARTS) is 1. The molecule has 0 saturated carbocycles. The summed E-state index contributed by atoms with van der Waals surface area (Å²) in [7, 11) is 0. The van der Waals surface area contributed by atoms with Gasteiger partial charge in [-0.1, -0.05) is 0 Å². The van der Waals surface area contributed by atoms with Gasteiger partial charge in [-0.05, 0) is 18.2 Å².